The molecule has 1 amide bonds. The topological polar surface area (TPSA) is 68.0 Å². The number of carbonyl (C=O) groups is 1. The first-order valence-electron chi connectivity index (χ1n) is 6.77. The second kappa shape index (κ2) is 7.30. The first-order valence-corrected chi connectivity index (χ1v) is 8.13. The number of thioether (sulfide) groups is 1. The summed E-state index contributed by atoms with van der Waals surface area (Å²) in [6.45, 7) is 0. The van der Waals surface area contributed by atoms with Crippen molar-refractivity contribution >= 4 is 35.0 Å². The van der Waals surface area contributed by atoms with Gasteiger partial charge < -0.3 is 9.73 Å². The molecule has 0 spiro atoms. The lowest BCUT2D eigenvalue weighted by Gasteiger charge is -2.06. The van der Waals surface area contributed by atoms with Crippen molar-refractivity contribution < 1.29 is 9.21 Å². The fraction of sp³-hybridized carbons (Fsp3) is 0.0625. The molecule has 0 saturated heterocycles. The third kappa shape index (κ3) is 4.12. The van der Waals surface area contributed by atoms with E-state index in [-0.39, 0.29) is 11.7 Å². The Bertz CT molecular complexity index is 791. The zero-order chi connectivity index (χ0) is 16.1. The number of amides is 1. The first-order chi connectivity index (χ1) is 11.2. The second-order valence-corrected chi connectivity index (χ2v) is 5.95. The van der Waals surface area contributed by atoms with Crippen LogP contribution in [0.3, 0.4) is 0 Å². The fourth-order valence-electron chi connectivity index (χ4n) is 1.84. The molecule has 2 aromatic heterocycles. The first kappa shape index (κ1) is 15.6. The number of benzene rings is 1. The van der Waals surface area contributed by atoms with E-state index in [0.717, 1.165) is 0 Å². The van der Waals surface area contributed by atoms with Crippen LogP contribution in [0.1, 0.15) is 0 Å². The smallest absolute Gasteiger partial charge is 0.234 e. The molecule has 2 heterocycles. The van der Waals surface area contributed by atoms with E-state index in [2.05, 4.69) is 15.5 Å². The SMILES string of the molecule is O=C(CSc1ccc(-c2ccco2)nn1)Nc1ccccc1Cl. The van der Waals surface area contributed by atoms with Crippen molar-refractivity contribution in [2.24, 2.45) is 0 Å². The molecule has 0 aliphatic carbocycles. The summed E-state index contributed by atoms with van der Waals surface area (Å²) in [5.74, 6) is 0.727. The average Bonchev–Trinajstić information content (AvgIpc) is 3.10. The van der Waals surface area contributed by atoms with Crippen molar-refractivity contribution in [3.63, 3.8) is 0 Å². The molecule has 1 aromatic carbocycles. The lowest BCUT2D eigenvalue weighted by atomic mass is 10.3. The number of furan rings is 1. The van der Waals surface area contributed by atoms with E-state index in [1.54, 1.807) is 36.6 Å². The minimum atomic E-state index is -0.153. The molecule has 0 saturated carbocycles. The van der Waals surface area contributed by atoms with Gasteiger partial charge in [-0.1, -0.05) is 35.5 Å². The molecule has 5 nitrogen and oxygen atoms in total. The van der Waals surface area contributed by atoms with Gasteiger partial charge in [-0.2, -0.15) is 0 Å². The predicted molar refractivity (Wildman–Crippen MR) is 90.5 cm³/mol. The Kier molecular flexibility index (Phi) is 4.95. The minimum absolute atomic E-state index is 0.153. The molecule has 0 radical (unpaired) electrons. The van der Waals surface area contributed by atoms with Gasteiger partial charge in [-0.15, -0.1) is 10.2 Å². The molecular weight excluding hydrogens is 334 g/mol. The van der Waals surface area contributed by atoms with E-state index in [1.807, 2.05) is 18.2 Å². The Morgan fingerprint density at radius 1 is 1.13 bits per heavy atom. The number of aromatic nitrogens is 2. The van der Waals surface area contributed by atoms with Crippen molar-refractivity contribution in [3.8, 4) is 11.5 Å². The monoisotopic (exact) mass is 345 g/mol. The highest BCUT2D eigenvalue weighted by Crippen LogP contribution is 2.22. The lowest BCUT2D eigenvalue weighted by molar-refractivity contribution is -0.113. The Morgan fingerprint density at radius 2 is 2.00 bits per heavy atom. The number of carbonyl (C=O) groups excluding carboxylic acids is 1. The van der Waals surface area contributed by atoms with Gasteiger partial charge in [0.15, 0.2) is 5.76 Å². The molecule has 0 bridgehead atoms. The molecule has 116 valence electrons. The summed E-state index contributed by atoms with van der Waals surface area (Å²) in [4.78, 5) is 11.9. The normalized spacial score (nSPS) is 10.5. The Balaban J connectivity index is 1.56. The molecule has 3 aromatic rings. The quantitative estimate of drug-likeness (QED) is 0.704. The van der Waals surface area contributed by atoms with Crippen LogP contribution in [0.5, 0.6) is 0 Å². The van der Waals surface area contributed by atoms with Crippen molar-refractivity contribution in [1.29, 1.82) is 0 Å². The maximum absolute atomic E-state index is 11.9. The molecular formula is C16H12ClN3O2S. The van der Waals surface area contributed by atoms with Gasteiger partial charge in [0.05, 0.1) is 22.7 Å². The maximum atomic E-state index is 11.9. The van der Waals surface area contributed by atoms with E-state index < -0.39 is 0 Å². The minimum Gasteiger partial charge on any atom is -0.463 e. The van der Waals surface area contributed by atoms with E-state index in [9.17, 15) is 4.79 Å². The summed E-state index contributed by atoms with van der Waals surface area (Å²) in [6, 6.07) is 14.3. The molecule has 0 aliphatic heterocycles. The van der Waals surface area contributed by atoms with E-state index >= 15 is 0 Å². The van der Waals surface area contributed by atoms with Crippen molar-refractivity contribution in [3.05, 3.63) is 59.8 Å². The van der Waals surface area contributed by atoms with Crippen LogP contribution in [-0.4, -0.2) is 21.9 Å². The highest BCUT2D eigenvalue weighted by Gasteiger charge is 2.08. The van der Waals surface area contributed by atoms with E-state index in [1.165, 1.54) is 11.8 Å². The average molecular weight is 346 g/mol. The fourth-order valence-corrected chi connectivity index (χ4v) is 2.64. The van der Waals surface area contributed by atoms with Crippen LogP contribution >= 0.6 is 23.4 Å². The lowest BCUT2D eigenvalue weighted by Crippen LogP contribution is -2.14. The molecule has 3 rings (SSSR count). The zero-order valence-electron chi connectivity index (χ0n) is 11.9. The number of para-hydroxylation sites is 1. The third-order valence-electron chi connectivity index (χ3n) is 2.91. The summed E-state index contributed by atoms with van der Waals surface area (Å²) >= 11 is 7.30. The van der Waals surface area contributed by atoms with Crippen LogP contribution < -0.4 is 5.32 Å². The van der Waals surface area contributed by atoms with Gasteiger partial charge in [0.25, 0.3) is 0 Å². The Labute approximate surface area is 142 Å². The van der Waals surface area contributed by atoms with Gasteiger partial charge in [-0.3, -0.25) is 4.79 Å². The standard InChI is InChI=1S/C16H12ClN3O2S/c17-11-4-1-2-5-12(11)18-15(21)10-23-16-8-7-13(19-20-16)14-6-3-9-22-14/h1-9H,10H2,(H,18,21). The van der Waals surface area contributed by atoms with Crippen molar-refractivity contribution in [1.82, 2.24) is 10.2 Å². The number of hydrogen-bond donors (Lipinski definition) is 1. The maximum Gasteiger partial charge on any atom is 0.234 e. The van der Waals surface area contributed by atoms with Crippen LogP contribution in [0, 0.1) is 0 Å². The summed E-state index contributed by atoms with van der Waals surface area (Å²) in [5.41, 5.74) is 1.25. The van der Waals surface area contributed by atoms with E-state index in [4.69, 9.17) is 16.0 Å². The van der Waals surface area contributed by atoms with Crippen molar-refractivity contribution in [2.45, 2.75) is 5.03 Å². The Hall–Kier alpha value is -2.31. The number of nitrogens with one attached hydrogen (secondary N) is 1. The number of rotatable bonds is 5. The molecule has 0 atom stereocenters. The van der Waals surface area contributed by atoms with Crippen LogP contribution in [0.4, 0.5) is 5.69 Å². The molecule has 0 fully saturated rings. The number of hydrogen-bond acceptors (Lipinski definition) is 5. The van der Waals surface area contributed by atoms with Gasteiger partial charge in [0.1, 0.15) is 10.7 Å². The largest absolute Gasteiger partial charge is 0.463 e. The van der Waals surface area contributed by atoms with Gasteiger partial charge in [0.2, 0.25) is 5.91 Å². The molecule has 0 aliphatic rings. The van der Waals surface area contributed by atoms with Crippen LogP contribution in [0.15, 0.2) is 64.2 Å². The molecule has 1 N–H and O–H groups in total. The van der Waals surface area contributed by atoms with Crippen molar-refractivity contribution in [2.75, 3.05) is 11.1 Å². The highest BCUT2D eigenvalue weighted by molar-refractivity contribution is 7.99. The molecule has 7 heteroatoms. The molecule has 0 unspecified atom stereocenters. The predicted octanol–water partition coefficient (Wildman–Crippen LogP) is 4.12. The molecule has 23 heavy (non-hydrogen) atoms. The van der Waals surface area contributed by atoms with Gasteiger partial charge in [-0.05, 0) is 36.4 Å². The Morgan fingerprint density at radius 3 is 2.70 bits per heavy atom. The van der Waals surface area contributed by atoms with Crippen LogP contribution in [-0.2, 0) is 4.79 Å². The van der Waals surface area contributed by atoms with Gasteiger partial charge in [0, 0.05) is 0 Å². The number of anilines is 1. The van der Waals surface area contributed by atoms with Crippen LogP contribution in [0.2, 0.25) is 5.02 Å². The van der Waals surface area contributed by atoms with Crippen LogP contribution in [0.25, 0.3) is 11.5 Å². The van der Waals surface area contributed by atoms with E-state index in [0.29, 0.717) is 27.2 Å². The highest BCUT2D eigenvalue weighted by atomic mass is 35.5. The van der Waals surface area contributed by atoms with Gasteiger partial charge in [-0.25, -0.2) is 0 Å². The second-order valence-electron chi connectivity index (χ2n) is 4.55. The summed E-state index contributed by atoms with van der Waals surface area (Å²) in [5, 5.41) is 12.1. The summed E-state index contributed by atoms with van der Waals surface area (Å²) in [7, 11) is 0. The van der Waals surface area contributed by atoms with Gasteiger partial charge >= 0.3 is 0 Å². The number of nitrogens with zero attached hydrogens (tertiary/aromatic N) is 2. The summed E-state index contributed by atoms with van der Waals surface area (Å²) in [6.07, 6.45) is 1.58. The summed E-state index contributed by atoms with van der Waals surface area (Å²) < 4.78 is 5.25. The zero-order valence-corrected chi connectivity index (χ0v) is 13.5. The number of halogens is 1. The third-order valence-corrected chi connectivity index (χ3v) is 4.16.